The first-order chi connectivity index (χ1) is 7.31. The maximum absolute atomic E-state index is 4.50. The number of hydrogen-bond acceptors (Lipinski definition) is 2. The van der Waals surface area contributed by atoms with Crippen LogP contribution >= 0.6 is 11.3 Å². The van der Waals surface area contributed by atoms with Gasteiger partial charge in [0.2, 0.25) is 0 Å². The maximum Gasteiger partial charge on any atom is 0.103 e. The molecular weight excluding hydrogens is 204 g/mol. The van der Waals surface area contributed by atoms with Gasteiger partial charge in [-0.05, 0) is 31.4 Å². The van der Waals surface area contributed by atoms with E-state index in [1.165, 1.54) is 10.6 Å². The summed E-state index contributed by atoms with van der Waals surface area (Å²) < 4.78 is 2.02. The summed E-state index contributed by atoms with van der Waals surface area (Å²) in [6, 6.07) is 6.29. The summed E-state index contributed by atoms with van der Waals surface area (Å²) in [5, 5.41) is 6.58. The molecule has 15 heavy (non-hydrogen) atoms. The summed E-state index contributed by atoms with van der Waals surface area (Å²) in [4.78, 5) is 1.25. The van der Waals surface area contributed by atoms with Gasteiger partial charge in [0, 0.05) is 12.2 Å². The van der Waals surface area contributed by atoms with Crippen molar-refractivity contribution in [3.8, 4) is 10.6 Å². The van der Waals surface area contributed by atoms with Crippen molar-refractivity contribution in [1.29, 1.82) is 0 Å². The van der Waals surface area contributed by atoms with Crippen LogP contribution < -0.4 is 0 Å². The SMILES string of the molecule is CC.CCn1nc(-c2cccs2)cc1C. The Morgan fingerprint density at radius 1 is 1.40 bits per heavy atom. The van der Waals surface area contributed by atoms with E-state index in [-0.39, 0.29) is 0 Å². The zero-order valence-electron chi connectivity index (χ0n) is 9.82. The summed E-state index contributed by atoms with van der Waals surface area (Å²) >= 11 is 1.73. The standard InChI is InChI=1S/C10H12N2S.C2H6/c1-3-12-8(2)7-9(11-12)10-5-4-6-13-10;1-2/h4-7H,3H2,1-2H3;1-2H3. The molecule has 0 saturated heterocycles. The molecule has 0 amide bonds. The lowest BCUT2D eigenvalue weighted by atomic mass is 10.3. The highest BCUT2D eigenvalue weighted by Gasteiger charge is 2.05. The van der Waals surface area contributed by atoms with Crippen molar-refractivity contribution >= 4 is 11.3 Å². The third kappa shape index (κ3) is 2.69. The summed E-state index contributed by atoms with van der Waals surface area (Å²) in [6.45, 7) is 9.14. The number of hydrogen-bond donors (Lipinski definition) is 0. The van der Waals surface area contributed by atoms with Crippen LogP contribution in [0.4, 0.5) is 0 Å². The number of aromatic nitrogens is 2. The van der Waals surface area contributed by atoms with Crippen molar-refractivity contribution in [2.75, 3.05) is 0 Å². The van der Waals surface area contributed by atoms with Crippen molar-refractivity contribution in [3.05, 3.63) is 29.3 Å². The van der Waals surface area contributed by atoms with Crippen LogP contribution in [-0.4, -0.2) is 9.78 Å². The minimum absolute atomic E-state index is 0.942. The van der Waals surface area contributed by atoms with Crippen LogP contribution in [0.2, 0.25) is 0 Å². The zero-order valence-corrected chi connectivity index (χ0v) is 10.6. The Balaban J connectivity index is 0.000000531. The van der Waals surface area contributed by atoms with Gasteiger partial charge < -0.3 is 0 Å². The van der Waals surface area contributed by atoms with E-state index < -0.39 is 0 Å². The second kappa shape index (κ2) is 5.71. The Kier molecular flexibility index (Phi) is 4.56. The van der Waals surface area contributed by atoms with Gasteiger partial charge in [0.1, 0.15) is 5.69 Å². The van der Waals surface area contributed by atoms with Crippen molar-refractivity contribution in [2.24, 2.45) is 0 Å². The second-order valence-corrected chi connectivity index (χ2v) is 3.91. The van der Waals surface area contributed by atoms with Gasteiger partial charge in [0.25, 0.3) is 0 Å². The van der Waals surface area contributed by atoms with E-state index >= 15 is 0 Å². The molecular formula is C12H18N2S. The highest BCUT2D eigenvalue weighted by atomic mass is 32.1. The molecule has 0 spiro atoms. The Bertz CT molecular complexity index is 388. The van der Waals surface area contributed by atoms with Gasteiger partial charge in [0.15, 0.2) is 0 Å². The first-order valence-corrected chi connectivity index (χ1v) is 6.27. The molecule has 0 atom stereocenters. The van der Waals surface area contributed by atoms with Crippen molar-refractivity contribution in [2.45, 2.75) is 34.2 Å². The largest absolute Gasteiger partial charge is 0.270 e. The predicted molar refractivity (Wildman–Crippen MR) is 67.3 cm³/mol. The van der Waals surface area contributed by atoms with Gasteiger partial charge in [-0.25, -0.2) is 0 Å². The van der Waals surface area contributed by atoms with Gasteiger partial charge in [0.05, 0.1) is 4.88 Å². The van der Waals surface area contributed by atoms with Crippen LogP contribution in [0, 0.1) is 6.92 Å². The normalized spacial score (nSPS) is 9.60. The average Bonchev–Trinajstić information content (AvgIpc) is 2.89. The number of thiophene rings is 1. The quantitative estimate of drug-likeness (QED) is 0.752. The van der Waals surface area contributed by atoms with Crippen LogP contribution in [0.15, 0.2) is 23.6 Å². The Morgan fingerprint density at radius 3 is 2.60 bits per heavy atom. The maximum atomic E-state index is 4.50. The lowest BCUT2D eigenvalue weighted by Gasteiger charge is -1.95. The lowest BCUT2D eigenvalue weighted by Crippen LogP contribution is -1.97. The molecule has 0 aliphatic rings. The Hall–Kier alpha value is -1.09. The van der Waals surface area contributed by atoms with Gasteiger partial charge >= 0.3 is 0 Å². The molecule has 2 rings (SSSR count). The van der Waals surface area contributed by atoms with Crippen molar-refractivity contribution < 1.29 is 0 Å². The monoisotopic (exact) mass is 222 g/mol. The molecule has 0 aromatic carbocycles. The molecule has 2 nitrogen and oxygen atoms in total. The third-order valence-electron chi connectivity index (χ3n) is 2.05. The van der Waals surface area contributed by atoms with Crippen molar-refractivity contribution in [3.63, 3.8) is 0 Å². The molecule has 0 radical (unpaired) electrons. The second-order valence-electron chi connectivity index (χ2n) is 2.96. The van der Waals surface area contributed by atoms with E-state index in [9.17, 15) is 0 Å². The van der Waals surface area contributed by atoms with Crippen LogP contribution in [0.25, 0.3) is 10.6 Å². The summed E-state index contributed by atoms with van der Waals surface area (Å²) in [5.41, 5.74) is 2.32. The molecule has 2 aromatic rings. The van der Waals surface area contributed by atoms with Gasteiger partial charge in [-0.2, -0.15) is 5.10 Å². The zero-order chi connectivity index (χ0) is 11.3. The third-order valence-corrected chi connectivity index (χ3v) is 2.95. The van der Waals surface area contributed by atoms with E-state index in [0.29, 0.717) is 0 Å². The first-order valence-electron chi connectivity index (χ1n) is 5.39. The molecule has 0 bridgehead atoms. The number of aryl methyl sites for hydroxylation is 2. The van der Waals surface area contributed by atoms with Crippen molar-refractivity contribution in [1.82, 2.24) is 9.78 Å². The Morgan fingerprint density at radius 2 is 2.13 bits per heavy atom. The number of nitrogens with zero attached hydrogens (tertiary/aromatic N) is 2. The highest BCUT2D eigenvalue weighted by molar-refractivity contribution is 7.13. The molecule has 2 heterocycles. The van der Waals surface area contributed by atoms with Crippen LogP contribution in [0.5, 0.6) is 0 Å². The van der Waals surface area contributed by atoms with Gasteiger partial charge in [-0.3, -0.25) is 4.68 Å². The average molecular weight is 222 g/mol. The molecule has 0 unspecified atom stereocenters. The smallest absolute Gasteiger partial charge is 0.103 e. The van der Waals surface area contributed by atoms with Crippen LogP contribution in [-0.2, 0) is 6.54 Å². The van der Waals surface area contributed by atoms with E-state index in [1.54, 1.807) is 11.3 Å². The molecule has 0 fully saturated rings. The van der Waals surface area contributed by atoms with Crippen LogP contribution in [0.3, 0.4) is 0 Å². The lowest BCUT2D eigenvalue weighted by molar-refractivity contribution is 0.642. The van der Waals surface area contributed by atoms with E-state index in [0.717, 1.165) is 12.2 Å². The minimum Gasteiger partial charge on any atom is -0.270 e. The molecule has 0 aliphatic heterocycles. The first kappa shape index (κ1) is 12.0. The highest BCUT2D eigenvalue weighted by Crippen LogP contribution is 2.23. The fourth-order valence-electron chi connectivity index (χ4n) is 1.37. The molecule has 3 heteroatoms. The molecule has 0 aliphatic carbocycles. The number of rotatable bonds is 2. The molecule has 82 valence electrons. The molecule has 2 aromatic heterocycles. The fourth-order valence-corrected chi connectivity index (χ4v) is 2.06. The fraction of sp³-hybridized carbons (Fsp3) is 0.417. The predicted octanol–water partition coefficient (Wildman–Crippen LogP) is 3.97. The molecule has 0 saturated carbocycles. The Labute approximate surface area is 95.6 Å². The summed E-state index contributed by atoms with van der Waals surface area (Å²) in [6.07, 6.45) is 0. The van der Waals surface area contributed by atoms with E-state index in [2.05, 4.69) is 42.5 Å². The van der Waals surface area contributed by atoms with Gasteiger partial charge in [-0.15, -0.1) is 11.3 Å². The van der Waals surface area contributed by atoms with Gasteiger partial charge in [-0.1, -0.05) is 19.9 Å². The van der Waals surface area contributed by atoms with E-state index in [1.807, 2.05) is 18.5 Å². The molecule has 0 N–H and O–H groups in total. The summed E-state index contributed by atoms with van der Waals surface area (Å²) in [5.74, 6) is 0. The van der Waals surface area contributed by atoms with Crippen LogP contribution in [0.1, 0.15) is 26.5 Å². The minimum atomic E-state index is 0.942. The van der Waals surface area contributed by atoms with E-state index in [4.69, 9.17) is 0 Å². The summed E-state index contributed by atoms with van der Waals surface area (Å²) in [7, 11) is 0. The topological polar surface area (TPSA) is 17.8 Å².